The predicted molar refractivity (Wildman–Crippen MR) is 148 cm³/mol. The molecule has 2 aliphatic heterocycles. The average molecular weight is 610 g/mol. The molecule has 41 heavy (non-hydrogen) atoms. The highest BCUT2D eigenvalue weighted by Crippen LogP contribution is 2.32. The van der Waals surface area contributed by atoms with E-state index < -0.39 is 55.0 Å². The molecule has 2 saturated heterocycles. The highest BCUT2D eigenvalue weighted by molar-refractivity contribution is 6.31. The number of carbonyl (C=O) groups is 1. The minimum absolute atomic E-state index is 0.0621. The standard InChI is InChI=1S/C27H29Cl2N3O9/c28-13-4-6-18-16(9-13)25(37)31-24(30-18)17-10-14(29)5-7-19(17)41-27(38)32-8-2-1-3-15(32)12-39-26-23(36)22(35)21(34)20(11-33)40-26/h4-7,9-10,15,20-23,26,33-36H,1-3,8,11-12H2,(H,30,31,37)/t15?,20-,21+,22+,23-,26-/m1/s1. The Balaban J connectivity index is 1.34. The van der Waals surface area contributed by atoms with E-state index in [-0.39, 0.29) is 18.2 Å². The van der Waals surface area contributed by atoms with Crippen molar-refractivity contribution >= 4 is 40.2 Å². The van der Waals surface area contributed by atoms with Crippen molar-refractivity contribution in [1.82, 2.24) is 14.9 Å². The minimum atomic E-state index is -1.58. The quantitative estimate of drug-likeness (QED) is 0.278. The first-order chi connectivity index (χ1) is 19.7. The molecule has 2 aromatic carbocycles. The van der Waals surface area contributed by atoms with E-state index in [0.29, 0.717) is 39.5 Å². The molecular formula is C27H29Cl2N3O9. The third-order valence-corrected chi connectivity index (χ3v) is 7.69. The summed E-state index contributed by atoms with van der Waals surface area (Å²) in [5, 5.41) is 40.8. The normalized spacial score (nSPS) is 26.7. The van der Waals surface area contributed by atoms with Crippen LogP contribution in [0.3, 0.4) is 0 Å². The van der Waals surface area contributed by atoms with Gasteiger partial charge in [0.1, 0.15) is 36.0 Å². The van der Waals surface area contributed by atoms with Gasteiger partial charge in [0.2, 0.25) is 0 Å². The monoisotopic (exact) mass is 609 g/mol. The fourth-order valence-electron chi connectivity index (χ4n) is 4.99. The molecule has 0 bridgehead atoms. The number of likely N-dealkylation sites (tertiary alicyclic amines) is 1. The molecule has 12 nitrogen and oxygen atoms in total. The maximum atomic E-state index is 13.4. The highest BCUT2D eigenvalue weighted by Gasteiger charge is 2.44. The molecule has 6 atom stereocenters. The maximum Gasteiger partial charge on any atom is 0.415 e. The zero-order chi connectivity index (χ0) is 29.3. The summed E-state index contributed by atoms with van der Waals surface area (Å²) >= 11 is 12.3. The van der Waals surface area contributed by atoms with E-state index in [4.69, 9.17) is 37.4 Å². The summed E-state index contributed by atoms with van der Waals surface area (Å²) in [5.74, 6) is 0.270. The summed E-state index contributed by atoms with van der Waals surface area (Å²) in [4.78, 5) is 34.8. The summed E-state index contributed by atoms with van der Waals surface area (Å²) in [6.45, 7) is -0.273. The minimum Gasteiger partial charge on any atom is -0.409 e. The number of hydrogen-bond acceptors (Lipinski definition) is 10. The summed E-state index contributed by atoms with van der Waals surface area (Å²) in [7, 11) is 0. The lowest BCUT2D eigenvalue weighted by molar-refractivity contribution is -0.303. The zero-order valence-electron chi connectivity index (χ0n) is 21.7. The fourth-order valence-corrected chi connectivity index (χ4v) is 5.34. The summed E-state index contributed by atoms with van der Waals surface area (Å²) in [6.07, 6.45) is -5.64. The maximum absolute atomic E-state index is 13.4. The number of nitrogens with one attached hydrogen (secondary N) is 1. The van der Waals surface area contributed by atoms with E-state index in [1.165, 1.54) is 23.1 Å². The van der Waals surface area contributed by atoms with Crippen LogP contribution in [-0.2, 0) is 9.47 Å². The first-order valence-electron chi connectivity index (χ1n) is 13.1. The van der Waals surface area contributed by atoms with E-state index in [0.717, 1.165) is 12.8 Å². The molecule has 14 heteroatoms. The van der Waals surface area contributed by atoms with Gasteiger partial charge in [-0.25, -0.2) is 9.78 Å². The number of hydrogen-bond donors (Lipinski definition) is 5. The Kier molecular flexibility index (Phi) is 9.12. The van der Waals surface area contributed by atoms with Gasteiger partial charge in [0.25, 0.3) is 5.56 Å². The van der Waals surface area contributed by atoms with E-state index in [1.807, 2.05) is 0 Å². The van der Waals surface area contributed by atoms with Crippen molar-refractivity contribution in [2.45, 2.75) is 56.0 Å². The third-order valence-electron chi connectivity index (χ3n) is 7.22. The SMILES string of the molecule is O=C(Oc1ccc(Cl)cc1-c1nc2ccc(Cl)cc2c(=O)[nH]1)N1CCCCC1CO[C@@H]1O[C@H](CO)[C@H](O)[C@H](O)[C@H]1O. The van der Waals surface area contributed by atoms with Crippen LogP contribution in [0.2, 0.25) is 10.0 Å². The van der Waals surface area contributed by atoms with Crippen molar-refractivity contribution in [3.63, 3.8) is 0 Å². The Morgan fingerprint density at radius 1 is 1.07 bits per heavy atom. The Morgan fingerprint density at radius 3 is 2.61 bits per heavy atom. The van der Waals surface area contributed by atoms with Gasteiger partial charge in [0.05, 0.1) is 35.7 Å². The molecule has 2 fully saturated rings. The molecule has 1 aromatic heterocycles. The van der Waals surface area contributed by atoms with Gasteiger partial charge < -0.3 is 44.5 Å². The molecule has 2 aliphatic rings. The molecule has 5 rings (SSSR count). The van der Waals surface area contributed by atoms with E-state index in [9.17, 15) is 30.0 Å². The number of aromatic nitrogens is 2. The van der Waals surface area contributed by atoms with Gasteiger partial charge in [-0.3, -0.25) is 4.79 Å². The summed E-state index contributed by atoms with van der Waals surface area (Å²) in [5.41, 5.74) is 0.268. The van der Waals surface area contributed by atoms with E-state index >= 15 is 0 Å². The van der Waals surface area contributed by atoms with Gasteiger partial charge >= 0.3 is 6.09 Å². The lowest BCUT2D eigenvalue weighted by atomic mass is 9.99. The molecule has 3 aromatic rings. The Morgan fingerprint density at radius 2 is 1.83 bits per heavy atom. The molecule has 0 saturated carbocycles. The van der Waals surface area contributed by atoms with E-state index in [1.54, 1.807) is 18.2 Å². The molecular weight excluding hydrogens is 581 g/mol. The zero-order valence-corrected chi connectivity index (χ0v) is 23.2. The first-order valence-corrected chi connectivity index (χ1v) is 13.8. The molecule has 1 unspecified atom stereocenters. The summed E-state index contributed by atoms with van der Waals surface area (Å²) < 4.78 is 16.9. The average Bonchev–Trinajstić information content (AvgIpc) is 2.97. The number of carbonyl (C=O) groups excluding carboxylic acids is 1. The number of halogens is 2. The molecule has 0 radical (unpaired) electrons. The number of H-pyrrole nitrogens is 1. The summed E-state index contributed by atoms with van der Waals surface area (Å²) in [6, 6.07) is 8.85. The highest BCUT2D eigenvalue weighted by atomic mass is 35.5. The fraction of sp³-hybridized carbons (Fsp3) is 0.444. The van der Waals surface area contributed by atoms with Gasteiger partial charge in [0.15, 0.2) is 6.29 Å². The van der Waals surface area contributed by atoms with Gasteiger partial charge in [-0.05, 0) is 55.7 Å². The van der Waals surface area contributed by atoms with Crippen molar-refractivity contribution in [2.75, 3.05) is 19.8 Å². The lowest BCUT2D eigenvalue weighted by Gasteiger charge is -2.41. The second-order valence-electron chi connectivity index (χ2n) is 9.96. The molecule has 220 valence electrons. The van der Waals surface area contributed by atoms with E-state index in [2.05, 4.69) is 9.97 Å². The van der Waals surface area contributed by atoms with Crippen molar-refractivity contribution in [2.24, 2.45) is 0 Å². The van der Waals surface area contributed by atoms with Crippen LogP contribution in [0, 0.1) is 0 Å². The number of benzene rings is 2. The predicted octanol–water partition coefficient (Wildman–Crippen LogP) is 2.07. The number of nitrogens with zero attached hydrogens (tertiary/aromatic N) is 2. The second kappa shape index (κ2) is 12.6. The number of piperidine rings is 1. The molecule has 3 heterocycles. The molecule has 0 spiro atoms. The van der Waals surface area contributed by atoms with Crippen molar-refractivity contribution in [3.8, 4) is 17.1 Å². The Labute approximate surface area is 244 Å². The van der Waals surface area contributed by atoms with Crippen LogP contribution in [-0.4, -0.2) is 97.9 Å². The number of amides is 1. The van der Waals surface area contributed by atoms with Crippen LogP contribution in [0.15, 0.2) is 41.2 Å². The van der Waals surface area contributed by atoms with Crippen LogP contribution in [0.4, 0.5) is 4.79 Å². The number of rotatable bonds is 6. The number of aliphatic hydroxyl groups is 4. The van der Waals surface area contributed by atoms with Gasteiger partial charge in [-0.2, -0.15) is 0 Å². The Bertz CT molecular complexity index is 1470. The van der Waals surface area contributed by atoms with Crippen LogP contribution in [0.25, 0.3) is 22.3 Å². The second-order valence-corrected chi connectivity index (χ2v) is 10.8. The first kappa shape index (κ1) is 29.7. The van der Waals surface area contributed by atoms with Crippen molar-refractivity contribution < 1.29 is 39.4 Å². The molecule has 0 aliphatic carbocycles. The Hall–Kier alpha value is -2.81. The van der Waals surface area contributed by atoms with Crippen LogP contribution in [0.5, 0.6) is 5.75 Å². The third kappa shape index (κ3) is 6.35. The van der Waals surface area contributed by atoms with Crippen LogP contribution in [0.1, 0.15) is 19.3 Å². The topological polar surface area (TPSA) is 175 Å². The van der Waals surface area contributed by atoms with Gasteiger partial charge in [-0.15, -0.1) is 0 Å². The number of aliphatic hydroxyl groups excluding tert-OH is 4. The van der Waals surface area contributed by atoms with Crippen LogP contribution >= 0.6 is 23.2 Å². The lowest BCUT2D eigenvalue weighted by Crippen LogP contribution is -2.59. The van der Waals surface area contributed by atoms with Crippen molar-refractivity contribution in [1.29, 1.82) is 0 Å². The molecule has 5 N–H and O–H groups in total. The number of fused-ring (bicyclic) bond motifs is 1. The van der Waals surface area contributed by atoms with Crippen LogP contribution < -0.4 is 10.3 Å². The van der Waals surface area contributed by atoms with Gasteiger partial charge in [0, 0.05) is 16.6 Å². The molecule has 1 amide bonds. The number of aromatic amines is 1. The number of ether oxygens (including phenoxy) is 3. The van der Waals surface area contributed by atoms with Crippen molar-refractivity contribution in [3.05, 3.63) is 56.8 Å². The smallest absolute Gasteiger partial charge is 0.409 e. The van der Waals surface area contributed by atoms with Gasteiger partial charge in [-0.1, -0.05) is 23.2 Å². The largest absolute Gasteiger partial charge is 0.415 e.